The molecule has 0 saturated heterocycles. The molecule has 88 valence electrons. The lowest BCUT2D eigenvalue weighted by atomic mass is 10.4. The third kappa shape index (κ3) is 2.45. The SMILES string of the molecule is C=c1sc(C2=NC(C(=O)O)CS2)n/c1=C/C=N. The number of nitrogens with one attached hydrogen (secondary N) is 1. The highest BCUT2D eigenvalue weighted by Crippen LogP contribution is 2.23. The molecule has 0 fully saturated rings. The number of carboxylic acids is 1. The topological polar surface area (TPSA) is 86.4 Å². The van der Waals surface area contributed by atoms with Crippen molar-refractivity contribution in [2.24, 2.45) is 4.99 Å². The zero-order valence-corrected chi connectivity index (χ0v) is 10.3. The quantitative estimate of drug-likeness (QED) is 0.751. The molecule has 7 heteroatoms. The van der Waals surface area contributed by atoms with E-state index in [1.807, 2.05) is 0 Å². The normalized spacial score (nSPS) is 20.4. The zero-order chi connectivity index (χ0) is 12.4. The second-order valence-electron chi connectivity index (χ2n) is 3.26. The van der Waals surface area contributed by atoms with Crippen molar-refractivity contribution in [3.63, 3.8) is 0 Å². The molecule has 0 amide bonds. The molecule has 17 heavy (non-hydrogen) atoms. The third-order valence-corrected chi connectivity index (χ3v) is 4.21. The summed E-state index contributed by atoms with van der Waals surface area (Å²) in [6.07, 6.45) is 2.70. The minimum Gasteiger partial charge on any atom is -0.480 e. The number of rotatable bonds is 3. The van der Waals surface area contributed by atoms with E-state index in [4.69, 9.17) is 10.5 Å². The Bertz CT molecular complexity index is 606. The Morgan fingerprint density at radius 1 is 1.65 bits per heavy atom. The number of aliphatic carboxylic acids is 1. The van der Waals surface area contributed by atoms with Crippen molar-refractivity contribution in [3.8, 4) is 0 Å². The molecule has 1 aliphatic rings. The molecule has 0 spiro atoms. The van der Waals surface area contributed by atoms with Gasteiger partial charge in [0.05, 0.1) is 5.35 Å². The Labute approximate surface area is 105 Å². The number of nitrogens with zero attached hydrogens (tertiary/aromatic N) is 2. The van der Waals surface area contributed by atoms with Crippen molar-refractivity contribution in [1.29, 1.82) is 5.41 Å². The molecule has 0 saturated carbocycles. The van der Waals surface area contributed by atoms with Crippen LogP contribution in [0.4, 0.5) is 0 Å². The summed E-state index contributed by atoms with van der Waals surface area (Å²) in [6, 6.07) is -0.678. The fourth-order valence-electron chi connectivity index (χ4n) is 1.28. The first-order valence-electron chi connectivity index (χ1n) is 4.72. The number of carbonyl (C=O) groups is 1. The van der Waals surface area contributed by atoms with Crippen LogP contribution in [-0.2, 0) is 4.79 Å². The molecule has 0 aliphatic carbocycles. The van der Waals surface area contributed by atoms with Crippen LogP contribution in [0.1, 0.15) is 5.01 Å². The van der Waals surface area contributed by atoms with Crippen LogP contribution < -0.4 is 9.88 Å². The summed E-state index contributed by atoms with van der Waals surface area (Å²) in [5, 5.41) is 17.8. The van der Waals surface area contributed by atoms with Crippen molar-refractivity contribution >= 4 is 53.0 Å². The average molecular weight is 267 g/mol. The van der Waals surface area contributed by atoms with Crippen LogP contribution in [-0.4, -0.2) is 39.1 Å². The lowest BCUT2D eigenvalue weighted by Gasteiger charge is -1.93. The molecule has 1 unspecified atom stereocenters. The number of hydrogen-bond donors (Lipinski definition) is 2. The van der Waals surface area contributed by atoms with Gasteiger partial charge in [-0.3, -0.25) is 4.99 Å². The van der Waals surface area contributed by atoms with Gasteiger partial charge in [0, 0.05) is 16.5 Å². The number of thiazole rings is 1. The van der Waals surface area contributed by atoms with E-state index in [1.54, 1.807) is 6.08 Å². The first kappa shape index (κ1) is 12.0. The number of hydrogen-bond acceptors (Lipinski definition) is 6. The summed E-state index contributed by atoms with van der Waals surface area (Å²) in [4.78, 5) is 19.1. The van der Waals surface area contributed by atoms with Crippen molar-refractivity contribution in [2.45, 2.75) is 6.04 Å². The monoisotopic (exact) mass is 267 g/mol. The standard InChI is InChI=1S/C10H9N3O2S2/c1-5-6(2-3-11)12-9(17-5)8-13-7(4-16-8)10(14)15/h2-3,7,11H,1,4H2,(H,14,15)/b6-2+,11-3?. The van der Waals surface area contributed by atoms with Gasteiger partial charge >= 0.3 is 5.97 Å². The van der Waals surface area contributed by atoms with Gasteiger partial charge in [-0.05, 0) is 6.08 Å². The molecule has 1 aromatic heterocycles. The van der Waals surface area contributed by atoms with Crippen LogP contribution in [0.25, 0.3) is 12.7 Å². The molecule has 1 aliphatic heterocycles. The number of aromatic nitrogens is 1. The molecular weight excluding hydrogens is 258 g/mol. The number of thioether (sulfide) groups is 1. The summed E-state index contributed by atoms with van der Waals surface area (Å²) in [5.74, 6) is -0.467. The van der Waals surface area contributed by atoms with Crippen LogP contribution in [0.15, 0.2) is 4.99 Å². The minimum absolute atomic E-state index is 0.445. The molecule has 2 N–H and O–H groups in total. The van der Waals surface area contributed by atoms with Gasteiger partial charge in [0.15, 0.2) is 6.04 Å². The van der Waals surface area contributed by atoms with Gasteiger partial charge in [-0.15, -0.1) is 23.1 Å². The van der Waals surface area contributed by atoms with E-state index < -0.39 is 12.0 Å². The smallest absolute Gasteiger partial charge is 0.329 e. The van der Waals surface area contributed by atoms with Gasteiger partial charge in [0.25, 0.3) is 0 Å². The van der Waals surface area contributed by atoms with Crippen LogP contribution >= 0.6 is 23.1 Å². The van der Waals surface area contributed by atoms with Gasteiger partial charge in [-0.25, -0.2) is 9.78 Å². The van der Waals surface area contributed by atoms with E-state index in [1.165, 1.54) is 23.1 Å². The van der Waals surface area contributed by atoms with Gasteiger partial charge in [-0.1, -0.05) is 6.58 Å². The predicted molar refractivity (Wildman–Crippen MR) is 70.6 cm³/mol. The number of carboxylic acid groups (broad SMARTS) is 1. The van der Waals surface area contributed by atoms with Crippen molar-refractivity contribution in [1.82, 2.24) is 4.98 Å². The minimum atomic E-state index is -0.912. The lowest BCUT2D eigenvalue weighted by Crippen LogP contribution is -2.19. The first-order valence-corrected chi connectivity index (χ1v) is 6.52. The predicted octanol–water partition coefficient (Wildman–Crippen LogP) is -0.0699. The largest absolute Gasteiger partial charge is 0.480 e. The van der Waals surface area contributed by atoms with E-state index >= 15 is 0 Å². The Balaban J connectivity index is 2.37. The summed E-state index contributed by atoms with van der Waals surface area (Å²) < 4.78 is 0.755. The van der Waals surface area contributed by atoms with Crippen LogP contribution in [0, 0.1) is 5.41 Å². The van der Waals surface area contributed by atoms with Gasteiger partial charge in [0.2, 0.25) is 0 Å². The Kier molecular flexibility index (Phi) is 3.39. The molecule has 5 nitrogen and oxygen atoms in total. The molecule has 2 heterocycles. The van der Waals surface area contributed by atoms with E-state index in [0.717, 1.165) is 10.7 Å². The lowest BCUT2D eigenvalue weighted by molar-refractivity contribution is -0.137. The van der Waals surface area contributed by atoms with Crippen molar-refractivity contribution in [2.75, 3.05) is 5.75 Å². The van der Waals surface area contributed by atoms with Gasteiger partial charge in [0.1, 0.15) is 10.1 Å². The van der Waals surface area contributed by atoms with Crippen LogP contribution in [0.2, 0.25) is 0 Å². The van der Waals surface area contributed by atoms with Crippen molar-refractivity contribution < 1.29 is 9.90 Å². The summed E-state index contributed by atoms with van der Waals surface area (Å²) in [5.41, 5.74) is 0. The van der Waals surface area contributed by atoms with Gasteiger partial charge in [-0.2, -0.15) is 0 Å². The van der Waals surface area contributed by atoms with Gasteiger partial charge < -0.3 is 10.5 Å². The van der Waals surface area contributed by atoms with Crippen LogP contribution in [0.3, 0.4) is 0 Å². The maximum atomic E-state index is 10.8. The Morgan fingerprint density at radius 3 is 3.00 bits per heavy atom. The van der Waals surface area contributed by atoms with E-state index in [-0.39, 0.29) is 0 Å². The highest BCUT2D eigenvalue weighted by atomic mass is 32.2. The van der Waals surface area contributed by atoms with E-state index in [0.29, 0.717) is 21.2 Å². The second-order valence-corrected chi connectivity index (χ2v) is 5.35. The fraction of sp³-hybridized carbons (Fsp3) is 0.200. The first-order chi connectivity index (χ1) is 8.11. The molecule has 0 aromatic carbocycles. The molecule has 2 rings (SSSR count). The number of aliphatic imine (C=N–C) groups is 1. The Hall–Kier alpha value is -1.47. The van der Waals surface area contributed by atoms with Crippen molar-refractivity contribution in [3.05, 3.63) is 14.9 Å². The second kappa shape index (κ2) is 4.80. The van der Waals surface area contributed by atoms with E-state index in [2.05, 4.69) is 16.6 Å². The summed E-state index contributed by atoms with van der Waals surface area (Å²) in [6.45, 7) is 3.83. The molecule has 0 radical (unpaired) electrons. The highest BCUT2D eigenvalue weighted by molar-refractivity contribution is 8.15. The summed E-state index contributed by atoms with van der Waals surface area (Å²) >= 11 is 2.75. The molecular formula is C10H9N3O2S2. The third-order valence-electron chi connectivity index (χ3n) is 2.09. The van der Waals surface area contributed by atoms with E-state index in [9.17, 15) is 4.79 Å². The fourth-order valence-corrected chi connectivity index (χ4v) is 3.22. The average Bonchev–Trinajstić information content (AvgIpc) is 2.86. The molecule has 1 atom stereocenters. The molecule has 1 aromatic rings. The maximum absolute atomic E-state index is 10.8. The highest BCUT2D eigenvalue weighted by Gasteiger charge is 2.26. The zero-order valence-electron chi connectivity index (χ0n) is 8.71. The maximum Gasteiger partial charge on any atom is 0.329 e. The molecule has 0 bridgehead atoms. The Morgan fingerprint density at radius 2 is 2.41 bits per heavy atom. The summed E-state index contributed by atoms with van der Waals surface area (Å²) in [7, 11) is 0. The van der Waals surface area contributed by atoms with Crippen LogP contribution in [0.5, 0.6) is 0 Å².